The Kier molecular flexibility index (Phi) is 27.8. The van der Waals surface area contributed by atoms with Crippen LogP contribution in [0.5, 0.6) is 0 Å². The second-order valence-electron chi connectivity index (χ2n) is 1.06. The molecule has 0 bridgehead atoms. The number of aliphatic carboxylic acids is 1. The first-order valence-corrected chi connectivity index (χ1v) is 2.79. The third kappa shape index (κ3) is 18.1. The van der Waals surface area contributed by atoms with Gasteiger partial charge in [0.1, 0.15) is 0 Å². The van der Waals surface area contributed by atoms with Crippen molar-refractivity contribution in [2.24, 2.45) is 0 Å². The van der Waals surface area contributed by atoms with E-state index in [4.69, 9.17) is 5.11 Å². The van der Waals surface area contributed by atoms with E-state index in [0.29, 0.717) is 0 Å². The molecule has 0 saturated carbocycles. The molecule has 0 aromatic heterocycles. The summed E-state index contributed by atoms with van der Waals surface area (Å²) in [4.78, 5) is 9.70. The SMILES string of the molecule is C[CH]([Ge])C(=O)O.O.O.O. The Morgan fingerprint density at radius 1 is 1.44 bits per heavy atom. The number of hydrogen-bond donors (Lipinski definition) is 1. The Hall–Kier alpha value is -0.107. The first kappa shape index (κ1) is 23.1. The smallest absolute Gasteiger partial charge is 0.412 e. The van der Waals surface area contributed by atoms with Crippen LogP contribution in [-0.4, -0.2) is 44.0 Å². The molecule has 3 radical (unpaired) electrons. The molecule has 9 heavy (non-hydrogen) atoms. The fourth-order valence-electron chi connectivity index (χ4n) is 0. The van der Waals surface area contributed by atoms with Gasteiger partial charge < -0.3 is 16.4 Å². The molecule has 57 valence electrons. The van der Waals surface area contributed by atoms with Crippen molar-refractivity contribution in [3.05, 3.63) is 0 Å². The molecule has 0 amide bonds. The van der Waals surface area contributed by atoms with Crippen molar-refractivity contribution in [3.63, 3.8) is 0 Å². The number of carboxylic acids is 1. The topological polar surface area (TPSA) is 132 Å². The summed E-state index contributed by atoms with van der Waals surface area (Å²) in [5.41, 5.74) is 0. The summed E-state index contributed by atoms with van der Waals surface area (Å²) in [5, 5.41) is 7.99. The minimum Gasteiger partial charge on any atom is -0.412 e. The van der Waals surface area contributed by atoms with Gasteiger partial charge in [0.25, 0.3) is 0 Å². The maximum absolute atomic E-state index is 9.70. The van der Waals surface area contributed by atoms with Crippen molar-refractivity contribution in [1.82, 2.24) is 0 Å². The molecular formula is C3H11GeO5. The van der Waals surface area contributed by atoms with Gasteiger partial charge in [0.2, 0.25) is 0 Å². The summed E-state index contributed by atoms with van der Waals surface area (Å²) < 4.78 is -0.231. The van der Waals surface area contributed by atoms with Crippen LogP contribution < -0.4 is 0 Å². The van der Waals surface area contributed by atoms with Crippen molar-refractivity contribution >= 4 is 22.5 Å². The van der Waals surface area contributed by atoms with Gasteiger partial charge in [0, 0.05) is 0 Å². The molecule has 7 N–H and O–H groups in total. The zero-order valence-corrected chi connectivity index (χ0v) is 7.03. The van der Waals surface area contributed by atoms with Crippen molar-refractivity contribution < 1.29 is 26.3 Å². The Bertz CT molecular complexity index is 63.2. The average Bonchev–Trinajstić information content (AvgIpc) is 1.36. The van der Waals surface area contributed by atoms with E-state index < -0.39 is 5.97 Å². The third-order valence-electron chi connectivity index (χ3n) is 0.370. The van der Waals surface area contributed by atoms with Gasteiger partial charge in [-0.1, -0.05) is 0 Å². The van der Waals surface area contributed by atoms with Crippen LogP contribution >= 0.6 is 0 Å². The van der Waals surface area contributed by atoms with E-state index in [0.717, 1.165) is 0 Å². The van der Waals surface area contributed by atoms with E-state index in [1.807, 2.05) is 0 Å². The van der Waals surface area contributed by atoms with E-state index in [1.165, 1.54) is 0 Å². The fourth-order valence-corrected chi connectivity index (χ4v) is 0. The zero-order valence-electron chi connectivity index (χ0n) is 4.93. The first-order chi connectivity index (χ1) is 2.64. The second-order valence-corrected chi connectivity index (χ2v) is 2.88. The Morgan fingerprint density at radius 2 is 1.56 bits per heavy atom. The van der Waals surface area contributed by atoms with Crippen LogP contribution in [0, 0.1) is 0 Å². The van der Waals surface area contributed by atoms with Gasteiger partial charge >= 0.3 is 44.1 Å². The quantitative estimate of drug-likeness (QED) is 0.471. The van der Waals surface area contributed by atoms with Gasteiger partial charge in [-0.15, -0.1) is 0 Å². The molecule has 0 fully saturated rings. The van der Waals surface area contributed by atoms with Crippen LogP contribution in [0.1, 0.15) is 6.92 Å². The van der Waals surface area contributed by atoms with Crippen LogP contribution in [0.25, 0.3) is 0 Å². The molecule has 0 aliphatic carbocycles. The minimum atomic E-state index is -0.741. The predicted molar refractivity (Wildman–Crippen MR) is 33.7 cm³/mol. The molecule has 6 heteroatoms. The molecule has 0 heterocycles. The van der Waals surface area contributed by atoms with Gasteiger partial charge in [-0.05, 0) is 0 Å². The van der Waals surface area contributed by atoms with E-state index in [-0.39, 0.29) is 21.2 Å². The number of hydrogen-bond acceptors (Lipinski definition) is 1. The summed E-state index contributed by atoms with van der Waals surface area (Å²) >= 11 is 1.64. The fraction of sp³-hybridized carbons (Fsp3) is 0.667. The van der Waals surface area contributed by atoms with Gasteiger partial charge in [0.15, 0.2) is 0 Å². The van der Waals surface area contributed by atoms with Crippen molar-refractivity contribution in [3.8, 4) is 0 Å². The molecule has 0 aliphatic rings. The van der Waals surface area contributed by atoms with Crippen molar-refractivity contribution in [2.45, 2.75) is 11.7 Å². The molecule has 1 unspecified atom stereocenters. The van der Waals surface area contributed by atoms with Gasteiger partial charge in [0.05, 0.1) is 0 Å². The molecule has 5 nitrogen and oxygen atoms in total. The molecule has 0 aromatic carbocycles. The monoisotopic (exact) mass is 201 g/mol. The third-order valence-corrected chi connectivity index (χ3v) is 0.889. The zero-order chi connectivity index (χ0) is 5.15. The number of carbonyl (C=O) groups is 1. The summed E-state index contributed by atoms with van der Waals surface area (Å²) in [6.07, 6.45) is 0. The molecule has 0 spiro atoms. The normalized spacial score (nSPS) is 9.11. The maximum Gasteiger partial charge on any atom is -0.412 e. The second kappa shape index (κ2) is 10.8. The van der Waals surface area contributed by atoms with Gasteiger partial charge in [-0.25, -0.2) is 0 Å². The van der Waals surface area contributed by atoms with Crippen LogP contribution in [0.3, 0.4) is 0 Å². The Morgan fingerprint density at radius 3 is 1.56 bits per heavy atom. The standard InChI is InChI=1S/C3H5GeO2.3H2O/c1-2(4)3(5)6;;;/h2H,1H3,(H,5,6);3*1H2. The molecule has 0 saturated heterocycles. The van der Waals surface area contributed by atoms with Crippen molar-refractivity contribution in [1.29, 1.82) is 0 Å². The molecule has 0 aromatic rings. The van der Waals surface area contributed by atoms with Crippen LogP contribution in [-0.2, 0) is 4.79 Å². The molecule has 0 aliphatic heterocycles. The average molecular weight is 200 g/mol. The van der Waals surface area contributed by atoms with E-state index in [9.17, 15) is 4.79 Å². The Balaban J connectivity index is -0.0000000417. The molecule has 0 rings (SSSR count). The Labute approximate surface area is 61.2 Å². The van der Waals surface area contributed by atoms with Gasteiger partial charge in [-0.3, -0.25) is 0 Å². The molecular weight excluding hydrogens is 189 g/mol. The van der Waals surface area contributed by atoms with Crippen LogP contribution in [0.15, 0.2) is 0 Å². The maximum atomic E-state index is 9.70. The number of carboxylic acid groups (broad SMARTS) is 1. The minimum absolute atomic E-state index is 0. The van der Waals surface area contributed by atoms with E-state index in [1.54, 1.807) is 23.4 Å². The summed E-state index contributed by atoms with van der Waals surface area (Å²) in [7, 11) is 0. The van der Waals surface area contributed by atoms with E-state index in [2.05, 4.69) is 0 Å². The summed E-state index contributed by atoms with van der Waals surface area (Å²) in [5.74, 6) is -0.741. The first-order valence-electron chi connectivity index (χ1n) is 1.58. The van der Waals surface area contributed by atoms with Crippen LogP contribution in [0.2, 0.25) is 4.75 Å². The van der Waals surface area contributed by atoms with Crippen molar-refractivity contribution in [2.75, 3.05) is 0 Å². The van der Waals surface area contributed by atoms with Gasteiger partial charge in [-0.2, -0.15) is 0 Å². The summed E-state index contributed by atoms with van der Waals surface area (Å²) in [6, 6.07) is 0. The predicted octanol–water partition coefficient (Wildman–Crippen LogP) is -2.43. The molecule has 1 atom stereocenters. The number of rotatable bonds is 1. The largest absolute Gasteiger partial charge is 0.412 e. The summed E-state index contributed by atoms with van der Waals surface area (Å²) in [6.45, 7) is 1.64. The van der Waals surface area contributed by atoms with Crippen LogP contribution in [0.4, 0.5) is 0 Å². The van der Waals surface area contributed by atoms with E-state index >= 15 is 0 Å².